The number of rotatable bonds is 6. The summed E-state index contributed by atoms with van der Waals surface area (Å²) in [5, 5.41) is 3.34. The molecule has 0 aliphatic rings. The Kier molecular flexibility index (Phi) is 5.60. The van der Waals surface area contributed by atoms with Gasteiger partial charge in [-0.2, -0.15) is 4.98 Å². The number of hydrogen-bond acceptors (Lipinski definition) is 6. The van der Waals surface area contributed by atoms with Gasteiger partial charge >= 0.3 is 5.97 Å². The van der Waals surface area contributed by atoms with Crippen LogP contribution in [0.2, 0.25) is 5.02 Å². The lowest BCUT2D eigenvalue weighted by atomic mass is 10.2. The molecule has 0 aliphatic carbocycles. The van der Waals surface area contributed by atoms with Crippen LogP contribution in [-0.4, -0.2) is 16.1 Å². The third-order valence-corrected chi connectivity index (χ3v) is 3.56. The zero-order valence-electron chi connectivity index (χ0n) is 13.4. The zero-order chi connectivity index (χ0) is 19.4. The molecule has 0 aliphatic heterocycles. The zero-order valence-corrected chi connectivity index (χ0v) is 14.2. The minimum Gasteiger partial charge on any atom is -0.485 e. The highest BCUT2D eigenvalue weighted by Crippen LogP contribution is 2.21. The Morgan fingerprint density at radius 3 is 2.52 bits per heavy atom. The predicted molar refractivity (Wildman–Crippen MR) is 85.5 cm³/mol. The molecule has 0 saturated heterocycles. The van der Waals surface area contributed by atoms with Crippen LogP contribution in [0.5, 0.6) is 5.75 Å². The van der Waals surface area contributed by atoms with Gasteiger partial charge < -0.3 is 14.0 Å². The second-order valence-corrected chi connectivity index (χ2v) is 5.58. The van der Waals surface area contributed by atoms with Crippen molar-refractivity contribution in [2.24, 2.45) is 0 Å². The van der Waals surface area contributed by atoms with E-state index in [2.05, 4.69) is 10.1 Å². The number of halogens is 4. The molecule has 1 aromatic heterocycles. The fourth-order valence-electron chi connectivity index (χ4n) is 1.97. The van der Waals surface area contributed by atoms with E-state index in [9.17, 15) is 18.0 Å². The van der Waals surface area contributed by atoms with Crippen LogP contribution in [0, 0.1) is 17.5 Å². The van der Waals surface area contributed by atoms with Crippen molar-refractivity contribution in [3.8, 4) is 5.75 Å². The summed E-state index contributed by atoms with van der Waals surface area (Å²) < 4.78 is 54.2. The van der Waals surface area contributed by atoms with Gasteiger partial charge in [0.15, 0.2) is 24.8 Å². The van der Waals surface area contributed by atoms with Crippen molar-refractivity contribution in [3.05, 3.63) is 76.2 Å². The highest BCUT2D eigenvalue weighted by atomic mass is 35.5. The average Bonchev–Trinajstić information content (AvgIpc) is 3.10. The lowest BCUT2D eigenvalue weighted by Crippen LogP contribution is -2.07. The second kappa shape index (κ2) is 8.09. The molecule has 0 fully saturated rings. The van der Waals surface area contributed by atoms with Crippen molar-refractivity contribution >= 4 is 17.6 Å². The van der Waals surface area contributed by atoms with E-state index in [1.54, 1.807) is 0 Å². The van der Waals surface area contributed by atoms with Crippen LogP contribution >= 0.6 is 11.6 Å². The maximum absolute atomic E-state index is 13.2. The minimum atomic E-state index is -1.23. The molecule has 10 heteroatoms. The Labute approximate surface area is 155 Å². The topological polar surface area (TPSA) is 74.5 Å². The van der Waals surface area contributed by atoms with Crippen molar-refractivity contribution in [2.75, 3.05) is 0 Å². The fraction of sp³-hybridized carbons (Fsp3) is 0.118. The molecule has 6 nitrogen and oxygen atoms in total. The van der Waals surface area contributed by atoms with Gasteiger partial charge in [-0.15, -0.1) is 0 Å². The monoisotopic (exact) mass is 398 g/mol. The van der Waals surface area contributed by atoms with Crippen LogP contribution in [0.25, 0.3) is 0 Å². The van der Waals surface area contributed by atoms with Gasteiger partial charge in [-0.3, -0.25) is 0 Å². The van der Waals surface area contributed by atoms with E-state index in [0.29, 0.717) is 17.9 Å². The normalized spacial score (nSPS) is 10.7. The molecule has 3 aromatic rings. The van der Waals surface area contributed by atoms with Crippen LogP contribution in [0.15, 0.2) is 40.9 Å². The van der Waals surface area contributed by atoms with E-state index in [-0.39, 0.29) is 28.9 Å². The van der Waals surface area contributed by atoms with Gasteiger partial charge in [0.2, 0.25) is 5.82 Å². The number of benzene rings is 2. The molecule has 0 spiro atoms. The predicted octanol–water partition coefficient (Wildman–Crippen LogP) is 4.08. The standard InChI is InChI=1S/C17H10ClF3N2O4/c18-12-6-14(21)13(20)5-11(12)17(24)26-8-16-22-15(23-27-16)7-25-10-3-1-9(19)2-4-10/h1-6H,7-8H2. The molecule has 0 unspecified atom stereocenters. The van der Waals surface area contributed by atoms with Crippen molar-refractivity contribution in [3.63, 3.8) is 0 Å². The summed E-state index contributed by atoms with van der Waals surface area (Å²) in [7, 11) is 0. The Hall–Kier alpha value is -3.07. The summed E-state index contributed by atoms with van der Waals surface area (Å²) in [5.41, 5.74) is -0.338. The molecule has 3 rings (SSSR count). The quantitative estimate of drug-likeness (QED) is 0.460. The van der Waals surface area contributed by atoms with Crippen molar-refractivity contribution in [1.82, 2.24) is 10.1 Å². The maximum atomic E-state index is 13.2. The van der Waals surface area contributed by atoms with Crippen LogP contribution in [-0.2, 0) is 18.0 Å². The first-order chi connectivity index (χ1) is 12.9. The summed E-state index contributed by atoms with van der Waals surface area (Å²) >= 11 is 5.69. The first-order valence-electron chi connectivity index (χ1n) is 7.44. The third-order valence-electron chi connectivity index (χ3n) is 3.25. The largest absolute Gasteiger partial charge is 0.485 e. The SMILES string of the molecule is O=C(OCc1nc(COc2ccc(F)cc2)no1)c1cc(F)c(F)cc1Cl. The van der Waals surface area contributed by atoms with Crippen LogP contribution in [0.4, 0.5) is 13.2 Å². The molecule has 2 aromatic carbocycles. The van der Waals surface area contributed by atoms with Gasteiger partial charge in [0.1, 0.15) is 11.6 Å². The van der Waals surface area contributed by atoms with E-state index in [1.807, 2.05) is 0 Å². The molecular weight excluding hydrogens is 389 g/mol. The Bertz CT molecular complexity index is 963. The highest BCUT2D eigenvalue weighted by Gasteiger charge is 2.18. The molecule has 0 radical (unpaired) electrons. The summed E-state index contributed by atoms with van der Waals surface area (Å²) in [5.74, 6) is -3.27. The first-order valence-corrected chi connectivity index (χ1v) is 7.81. The summed E-state index contributed by atoms with van der Waals surface area (Å²) in [6.45, 7) is -0.463. The lowest BCUT2D eigenvalue weighted by Gasteiger charge is -2.04. The number of carbonyl (C=O) groups is 1. The molecule has 0 atom stereocenters. The van der Waals surface area contributed by atoms with E-state index >= 15 is 0 Å². The number of esters is 1. The Morgan fingerprint density at radius 2 is 1.78 bits per heavy atom. The summed E-state index contributed by atoms with van der Waals surface area (Å²) in [4.78, 5) is 15.8. The minimum absolute atomic E-state index is 0.0419. The van der Waals surface area contributed by atoms with E-state index in [0.717, 1.165) is 0 Å². The molecule has 0 saturated carbocycles. The number of nitrogens with zero attached hydrogens (tertiary/aromatic N) is 2. The van der Waals surface area contributed by atoms with E-state index in [4.69, 9.17) is 25.6 Å². The molecular formula is C17H10ClF3N2O4. The fourth-order valence-corrected chi connectivity index (χ4v) is 2.20. The Balaban J connectivity index is 1.55. The Morgan fingerprint density at radius 1 is 1.07 bits per heavy atom. The molecule has 0 bridgehead atoms. The van der Waals surface area contributed by atoms with Gasteiger partial charge in [-0.25, -0.2) is 18.0 Å². The summed E-state index contributed by atoms with van der Waals surface area (Å²) in [6, 6.07) is 6.65. The highest BCUT2D eigenvalue weighted by molar-refractivity contribution is 6.33. The van der Waals surface area contributed by atoms with Crippen LogP contribution in [0.3, 0.4) is 0 Å². The van der Waals surface area contributed by atoms with Crippen LogP contribution < -0.4 is 4.74 Å². The van der Waals surface area contributed by atoms with Crippen molar-refractivity contribution in [2.45, 2.75) is 13.2 Å². The third kappa shape index (κ3) is 4.76. The first kappa shape index (κ1) is 18.7. The van der Waals surface area contributed by atoms with E-state index < -0.39 is 30.0 Å². The van der Waals surface area contributed by atoms with Crippen molar-refractivity contribution in [1.29, 1.82) is 0 Å². The van der Waals surface area contributed by atoms with Crippen molar-refractivity contribution < 1.29 is 32.0 Å². The number of aromatic nitrogens is 2. The van der Waals surface area contributed by atoms with Gasteiger partial charge in [0.05, 0.1) is 10.6 Å². The van der Waals surface area contributed by atoms with Gasteiger partial charge in [-0.05, 0) is 36.4 Å². The number of carbonyl (C=O) groups excluding carboxylic acids is 1. The maximum Gasteiger partial charge on any atom is 0.340 e. The molecule has 1 heterocycles. The smallest absolute Gasteiger partial charge is 0.340 e. The van der Waals surface area contributed by atoms with E-state index in [1.165, 1.54) is 24.3 Å². The molecule has 0 amide bonds. The number of hydrogen-bond donors (Lipinski definition) is 0. The summed E-state index contributed by atoms with van der Waals surface area (Å²) in [6.07, 6.45) is 0. The van der Waals surface area contributed by atoms with Crippen LogP contribution in [0.1, 0.15) is 22.1 Å². The second-order valence-electron chi connectivity index (χ2n) is 5.17. The number of ether oxygens (including phenoxy) is 2. The van der Waals surface area contributed by atoms with Gasteiger partial charge in [-0.1, -0.05) is 16.8 Å². The van der Waals surface area contributed by atoms with Gasteiger partial charge in [0, 0.05) is 0 Å². The molecule has 140 valence electrons. The van der Waals surface area contributed by atoms with Gasteiger partial charge in [0.25, 0.3) is 5.89 Å². The lowest BCUT2D eigenvalue weighted by molar-refractivity contribution is 0.0429. The molecule has 27 heavy (non-hydrogen) atoms. The average molecular weight is 399 g/mol. The molecule has 0 N–H and O–H groups in total.